The number of carbonyl (C=O) groups is 5. The molecule has 1 aromatic heterocycles. The zero-order chi connectivity index (χ0) is 43.9. The van der Waals surface area contributed by atoms with Crippen LogP contribution in [-0.2, 0) is 54.0 Å². The number of aryl methyl sites for hydroxylation is 1. The fraction of sp³-hybridized carbons (Fsp3) is 0.636. The molecular weight excluding hydrogens is 777 g/mol. The molecule has 60 heavy (non-hydrogen) atoms. The van der Waals surface area contributed by atoms with Gasteiger partial charge in [-0.3, -0.25) is 24.3 Å². The summed E-state index contributed by atoms with van der Waals surface area (Å²) in [5.74, 6) is -2.62. The maximum atomic E-state index is 12.5. The number of likely N-dealkylation sites (tertiary alicyclic amines) is 2. The van der Waals surface area contributed by atoms with Crippen LogP contribution >= 0.6 is 0 Å². The molecule has 0 saturated carbocycles. The Morgan fingerprint density at radius 2 is 1.57 bits per heavy atom. The van der Waals surface area contributed by atoms with Crippen molar-refractivity contribution in [2.45, 2.75) is 137 Å². The maximum absolute atomic E-state index is 12.5. The zero-order valence-electron chi connectivity index (χ0n) is 36.7. The Morgan fingerprint density at radius 1 is 0.933 bits per heavy atom. The highest BCUT2D eigenvalue weighted by atomic mass is 16.7. The van der Waals surface area contributed by atoms with Gasteiger partial charge in [-0.15, -0.1) is 5.10 Å². The number of carbonyl (C=O) groups excluding carboxylic acids is 5. The molecule has 3 saturated heterocycles. The minimum atomic E-state index is -1.42. The molecule has 3 fully saturated rings. The van der Waals surface area contributed by atoms with Gasteiger partial charge < -0.3 is 43.0 Å². The second kappa shape index (κ2) is 19.6. The van der Waals surface area contributed by atoms with E-state index < -0.39 is 60.2 Å². The van der Waals surface area contributed by atoms with Crippen LogP contribution in [0.3, 0.4) is 0 Å². The molecule has 0 aliphatic carbocycles. The maximum Gasteiger partial charge on any atom is 0.410 e. The highest BCUT2D eigenvalue weighted by Crippen LogP contribution is 2.41. The summed E-state index contributed by atoms with van der Waals surface area (Å²) in [5.41, 5.74) is 4.55. The molecule has 1 spiro atoms. The number of ether oxygens (including phenoxy) is 7. The van der Waals surface area contributed by atoms with Crippen molar-refractivity contribution >= 4 is 36.0 Å². The predicted molar refractivity (Wildman–Crippen MR) is 219 cm³/mol. The smallest absolute Gasteiger partial charge is 0.410 e. The van der Waals surface area contributed by atoms with Crippen LogP contribution in [-0.4, -0.2) is 126 Å². The Balaban J connectivity index is 1.24. The van der Waals surface area contributed by atoms with E-state index in [1.807, 2.05) is 39.5 Å². The predicted octanol–water partition coefficient (Wildman–Crippen LogP) is 5.63. The highest BCUT2D eigenvalue weighted by molar-refractivity contribution is 5.69. The fourth-order valence-electron chi connectivity index (χ4n) is 8.06. The van der Waals surface area contributed by atoms with Crippen molar-refractivity contribution in [2.75, 3.05) is 39.3 Å². The largest absolute Gasteiger partial charge is 0.463 e. The van der Waals surface area contributed by atoms with E-state index in [-0.39, 0.29) is 24.5 Å². The number of nitrogens with one attached hydrogen (secondary N) is 1. The first kappa shape index (κ1) is 46.1. The summed E-state index contributed by atoms with van der Waals surface area (Å²) >= 11 is 0. The molecule has 330 valence electrons. The summed E-state index contributed by atoms with van der Waals surface area (Å²) in [6.45, 7) is 20.7. The van der Waals surface area contributed by atoms with Gasteiger partial charge in [-0.05, 0) is 75.0 Å². The monoisotopic (exact) mass is 838 g/mol. The molecule has 16 nitrogen and oxygen atoms in total. The molecule has 0 unspecified atom stereocenters. The van der Waals surface area contributed by atoms with Crippen molar-refractivity contribution < 1.29 is 57.1 Å². The number of amides is 1. The Hall–Kier alpha value is -4.96. The lowest BCUT2D eigenvalue weighted by Gasteiger charge is -2.54. The third kappa shape index (κ3) is 12.3. The highest BCUT2D eigenvalue weighted by Gasteiger charge is 2.54. The Labute approximate surface area is 352 Å². The van der Waals surface area contributed by atoms with Crippen LogP contribution in [0.5, 0.6) is 5.88 Å². The number of H-pyrrole nitrogens is 1. The van der Waals surface area contributed by atoms with Gasteiger partial charge in [0.25, 0.3) is 0 Å². The van der Waals surface area contributed by atoms with Crippen LogP contribution in [0.2, 0.25) is 0 Å². The van der Waals surface area contributed by atoms with Crippen LogP contribution in [0.1, 0.15) is 115 Å². The fourth-order valence-corrected chi connectivity index (χ4v) is 8.06. The molecule has 4 heterocycles. The minimum Gasteiger partial charge on any atom is -0.463 e. The van der Waals surface area contributed by atoms with Gasteiger partial charge in [0.15, 0.2) is 12.2 Å². The second-order valence-corrected chi connectivity index (χ2v) is 17.5. The first-order valence-corrected chi connectivity index (χ1v) is 20.7. The van der Waals surface area contributed by atoms with E-state index in [4.69, 9.17) is 33.2 Å². The van der Waals surface area contributed by atoms with Crippen molar-refractivity contribution in [3.05, 3.63) is 52.2 Å². The Kier molecular flexibility index (Phi) is 15.1. The number of benzene rings is 1. The summed E-state index contributed by atoms with van der Waals surface area (Å²) in [7, 11) is 0. The van der Waals surface area contributed by atoms with E-state index >= 15 is 0 Å². The van der Waals surface area contributed by atoms with E-state index in [2.05, 4.69) is 52.4 Å². The molecular formula is C44H62N4O12. The van der Waals surface area contributed by atoms with Crippen LogP contribution in [0, 0.1) is 12.3 Å². The molecule has 1 N–H and O–H groups in total. The van der Waals surface area contributed by atoms with E-state index in [0.29, 0.717) is 11.8 Å². The van der Waals surface area contributed by atoms with Gasteiger partial charge in [-0.2, -0.15) is 0 Å². The average Bonchev–Trinajstić information content (AvgIpc) is 3.52. The molecule has 1 aromatic carbocycles. The lowest BCUT2D eigenvalue weighted by Crippen LogP contribution is -2.63. The zero-order valence-corrected chi connectivity index (χ0v) is 36.7. The molecule has 5 atom stereocenters. The average molecular weight is 839 g/mol. The van der Waals surface area contributed by atoms with E-state index in [0.717, 1.165) is 93.8 Å². The van der Waals surface area contributed by atoms with Crippen molar-refractivity contribution in [3.8, 4) is 5.88 Å². The van der Waals surface area contributed by atoms with Crippen LogP contribution in [0.25, 0.3) is 6.08 Å². The number of aromatic nitrogens is 2. The van der Waals surface area contributed by atoms with Gasteiger partial charge in [0.1, 0.15) is 18.3 Å². The molecule has 3 aliphatic heterocycles. The lowest BCUT2D eigenvalue weighted by atomic mass is 9.72. The number of esters is 4. The van der Waals surface area contributed by atoms with Gasteiger partial charge in [0.05, 0.1) is 0 Å². The van der Waals surface area contributed by atoms with Crippen molar-refractivity contribution in [1.29, 1.82) is 0 Å². The Bertz CT molecular complexity index is 1880. The van der Waals surface area contributed by atoms with E-state index in [1.54, 1.807) is 0 Å². The standard InChI is InChI=1S/C44H62N4O12/c1-26(2)36-34(40(46-45-36)59-41-39(57-31(7)52)38(56-30(6)51)37(55-29(5)50)35(58-41)23-54-28(4)49)22-33-15-14-32(21-27(33)3)13-11-12-18-47-24-44(25-47)16-19-48(20-17-44)42(53)60-43(8,9)10/h11,13-15,21,26,35,37-39,41H,12,16-20,22-25H2,1-10H3,(H,45,46)/b13-11+/t35-,37-,38+,39-,41+/m1/s1. The SMILES string of the molecule is CC(=O)OC[C@H]1O[C@@H](Oc2n[nH]c(C(C)C)c2Cc2ccc(/C=C/CCN3CC4(CCN(C(=O)OC(C)(C)C)CC4)C3)cc2C)[C@H](OC(C)=O)[C@@H](OC(C)=O)[C@@H]1OC(C)=O. The topological polar surface area (TPSA) is 185 Å². The van der Waals surface area contributed by atoms with Gasteiger partial charge in [0, 0.05) is 78.1 Å². The van der Waals surface area contributed by atoms with Gasteiger partial charge in [0.2, 0.25) is 18.3 Å². The number of hydrogen-bond acceptors (Lipinski definition) is 14. The molecule has 0 bridgehead atoms. The van der Waals surface area contributed by atoms with Crippen LogP contribution < -0.4 is 4.74 Å². The molecule has 16 heteroatoms. The number of rotatable bonds is 14. The summed E-state index contributed by atoms with van der Waals surface area (Å²) in [5, 5.41) is 7.57. The van der Waals surface area contributed by atoms with Crippen LogP contribution in [0.4, 0.5) is 4.79 Å². The molecule has 3 aliphatic rings. The molecule has 2 aromatic rings. The van der Waals surface area contributed by atoms with Crippen LogP contribution in [0.15, 0.2) is 24.3 Å². The van der Waals surface area contributed by atoms with Gasteiger partial charge in [-0.25, -0.2) is 4.79 Å². The van der Waals surface area contributed by atoms with Crippen molar-refractivity contribution in [3.63, 3.8) is 0 Å². The summed E-state index contributed by atoms with van der Waals surface area (Å²) < 4.78 is 40.0. The first-order chi connectivity index (χ1) is 28.2. The lowest BCUT2D eigenvalue weighted by molar-refractivity contribution is -0.289. The van der Waals surface area contributed by atoms with Crippen molar-refractivity contribution in [2.24, 2.45) is 5.41 Å². The quantitative estimate of drug-likeness (QED) is 0.182. The van der Waals surface area contributed by atoms with E-state index in [1.165, 1.54) is 13.8 Å². The first-order valence-electron chi connectivity index (χ1n) is 20.7. The number of piperidine rings is 1. The van der Waals surface area contributed by atoms with Gasteiger partial charge in [-0.1, -0.05) is 44.2 Å². The minimum absolute atomic E-state index is 0.0223. The second-order valence-electron chi connectivity index (χ2n) is 17.5. The number of nitrogens with zero attached hydrogens (tertiary/aromatic N) is 3. The normalized spacial score (nSPS) is 22.9. The summed E-state index contributed by atoms with van der Waals surface area (Å²) in [6.07, 6.45) is 0.853. The third-order valence-electron chi connectivity index (χ3n) is 10.9. The number of hydrogen-bond donors (Lipinski definition) is 1. The number of aromatic amines is 1. The third-order valence-corrected chi connectivity index (χ3v) is 10.9. The molecule has 5 rings (SSSR count). The molecule has 0 radical (unpaired) electrons. The summed E-state index contributed by atoms with van der Waals surface area (Å²) in [6, 6.07) is 6.29. The van der Waals surface area contributed by atoms with Gasteiger partial charge >= 0.3 is 30.0 Å². The van der Waals surface area contributed by atoms with Crippen molar-refractivity contribution in [1.82, 2.24) is 20.0 Å². The summed E-state index contributed by atoms with van der Waals surface area (Å²) in [4.78, 5) is 65.5. The molecule has 1 amide bonds. The Morgan fingerprint density at radius 3 is 2.15 bits per heavy atom. The van der Waals surface area contributed by atoms with E-state index in [9.17, 15) is 24.0 Å².